The number of halogens is 1. The molecular formula is C20H23BrO6. The van der Waals surface area contributed by atoms with E-state index < -0.39 is 0 Å². The highest BCUT2D eigenvalue weighted by molar-refractivity contribution is 9.10. The van der Waals surface area contributed by atoms with Gasteiger partial charge < -0.3 is 23.7 Å². The van der Waals surface area contributed by atoms with Crippen LogP contribution >= 0.6 is 15.9 Å². The lowest BCUT2D eigenvalue weighted by atomic mass is 9.96. The zero-order valence-corrected chi connectivity index (χ0v) is 17.6. The van der Waals surface area contributed by atoms with Crippen molar-refractivity contribution in [3.8, 4) is 23.0 Å². The second-order valence-electron chi connectivity index (χ2n) is 5.70. The monoisotopic (exact) mass is 438 g/mol. The number of benzene rings is 2. The van der Waals surface area contributed by atoms with Gasteiger partial charge in [-0.25, -0.2) is 0 Å². The van der Waals surface area contributed by atoms with Gasteiger partial charge in [0.15, 0.2) is 23.0 Å². The summed E-state index contributed by atoms with van der Waals surface area (Å²) in [6, 6.07) is 7.44. The fourth-order valence-electron chi connectivity index (χ4n) is 2.76. The van der Waals surface area contributed by atoms with Crippen LogP contribution in [0.5, 0.6) is 23.0 Å². The Morgan fingerprint density at radius 3 is 1.67 bits per heavy atom. The summed E-state index contributed by atoms with van der Waals surface area (Å²) >= 11 is 3.58. The average Bonchev–Trinajstić information content (AvgIpc) is 2.69. The van der Waals surface area contributed by atoms with Crippen LogP contribution in [0, 0.1) is 0 Å². The van der Waals surface area contributed by atoms with Gasteiger partial charge >= 0.3 is 5.97 Å². The lowest BCUT2D eigenvalue weighted by Crippen LogP contribution is -2.08. The number of carbonyl (C=O) groups excluding carboxylic acids is 1. The molecule has 0 spiro atoms. The zero-order chi connectivity index (χ0) is 20.0. The highest BCUT2D eigenvalue weighted by atomic mass is 79.9. The third-order valence-electron chi connectivity index (χ3n) is 4.20. The largest absolute Gasteiger partial charge is 0.493 e. The van der Waals surface area contributed by atoms with Crippen LogP contribution in [-0.4, -0.2) is 41.5 Å². The van der Waals surface area contributed by atoms with Crippen molar-refractivity contribution in [2.75, 3.05) is 35.5 Å². The molecule has 0 aliphatic rings. The summed E-state index contributed by atoms with van der Waals surface area (Å²) in [5.41, 5.74) is 2.71. The van der Waals surface area contributed by atoms with E-state index >= 15 is 0 Å². The minimum Gasteiger partial charge on any atom is -0.493 e. The quantitative estimate of drug-likeness (QED) is 0.584. The fourth-order valence-corrected chi connectivity index (χ4v) is 3.22. The van der Waals surface area contributed by atoms with Gasteiger partial charge in [-0.3, -0.25) is 4.79 Å². The molecule has 0 atom stereocenters. The number of esters is 1. The second-order valence-corrected chi connectivity index (χ2v) is 6.56. The van der Waals surface area contributed by atoms with Gasteiger partial charge in [-0.15, -0.1) is 0 Å². The number of hydrogen-bond acceptors (Lipinski definition) is 6. The summed E-state index contributed by atoms with van der Waals surface area (Å²) in [6.45, 7) is 0. The van der Waals surface area contributed by atoms with Crippen LogP contribution in [0.2, 0.25) is 0 Å². The Bertz CT molecular complexity index is 819. The molecule has 0 saturated carbocycles. The van der Waals surface area contributed by atoms with E-state index in [1.54, 1.807) is 34.5 Å². The van der Waals surface area contributed by atoms with Crippen molar-refractivity contribution in [3.63, 3.8) is 0 Å². The Balaban J connectivity index is 2.51. The van der Waals surface area contributed by atoms with Crippen molar-refractivity contribution in [1.29, 1.82) is 0 Å². The van der Waals surface area contributed by atoms with Crippen molar-refractivity contribution >= 4 is 21.9 Å². The number of carbonyl (C=O) groups is 1. The predicted molar refractivity (Wildman–Crippen MR) is 105 cm³/mol. The molecule has 0 fully saturated rings. The number of ether oxygens (including phenoxy) is 5. The maximum atomic E-state index is 11.9. The molecule has 2 rings (SSSR count). The molecule has 0 amide bonds. The molecule has 7 heteroatoms. The number of rotatable bonds is 8. The molecule has 0 unspecified atom stereocenters. The Hall–Kier alpha value is -2.41. The van der Waals surface area contributed by atoms with E-state index in [2.05, 4.69) is 15.9 Å². The predicted octanol–water partition coefficient (Wildman–Crippen LogP) is 3.79. The van der Waals surface area contributed by atoms with Crippen molar-refractivity contribution in [2.45, 2.75) is 12.8 Å². The molecule has 146 valence electrons. The molecule has 0 aliphatic heterocycles. The minimum absolute atomic E-state index is 0.136. The smallest absolute Gasteiger partial charge is 0.309 e. The lowest BCUT2D eigenvalue weighted by Gasteiger charge is -2.16. The average molecular weight is 439 g/mol. The molecular weight excluding hydrogens is 416 g/mol. The van der Waals surface area contributed by atoms with E-state index in [0.29, 0.717) is 29.4 Å². The third kappa shape index (κ3) is 4.86. The van der Waals surface area contributed by atoms with E-state index in [1.165, 1.54) is 7.11 Å². The number of hydrogen-bond donors (Lipinski definition) is 0. The van der Waals surface area contributed by atoms with E-state index in [4.69, 9.17) is 23.7 Å². The topological polar surface area (TPSA) is 63.2 Å². The molecule has 2 aromatic carbocycles. The van der Waals surface area contributed by atoms with Crippen molar-refractivity contribution in [2.24, 2.45) is 0 Å². The number of methoxy groups -OCH3 is 5. The van der Waals surface area contributed by atoms with Crippen molar-refractivity contribution < 1.29 is 28.5 Å². The van der Waals surface area contributed by atoms with E-state index in [-0.39, 0.29) is 12.4 Å². The normalized spacial score (nSPS) is 10.3. The third-order valence-corrected chi connectivity index (χ3v) is 4.94. The molecule has 2 aromatic rings. The van der Waals surface area contributed by atoms with Gasteiger partial charge in [-0.2, -0.15) is 0 Å². The summed E-state index contributed by atoms with van der Waals surface area (Å²) in [4.78, 5) is 11.9. The molecule has 0 radical (unpaired) electrons. The van der Waals surface area contributed by atoms with Crippen LogP contribution in [0.25, 0.3) is 0 Å². The van der Waals surface area contributed by atoms with Gasteiger partial charge in [-0.05, 0) is 47.4 Å². The molecule has 0 saturated heterocycles. The molecule has 0 N–H and O–H groups in total. The summed E-state index contributed by atoms with van der Waals surface area (Å²) in [5.74, 6) is 2.10. The highest BCUT2D eigenvalue weighted by Crippen LogP contribution is 2.37. The lowest BCUT2D eigenvalue weighted by molar-refractivity contribution is -0.139. The Morgan fingerprint density at radius 1 is 0.741 bits per heavy atom. The second kappa shape index (κ2) is 9.50. The molecule has 0 aliphatic carbocycles. The van der Waals surface area contributed by atoms with Crippen LogP contribution in [-0.2, 0) is 22.4 Å². The standard InChI is InChI=1S/C20H23BrO6/c1-23-16-7-12(13(8-17(16)24-2)10-20(22)27-5)6-14-9-18(25-3)19(26-4)11-15(14)21/h7-9,11H,6,10H2,1-5H3. The molecule has 6 nitrogen and oxygen atoms in total. The fraction of sp³-hybridized carbons (Fsp3) is 0.350. The van der Waals surface area contributed by atoms with Gasteiger partial charge in [0.2, 0.25) is 0 Å². The van der Waals surface area contributed by atoms with Gasteiger partial charge in [0.1, 0.15) is 0 Å². The molecule has 0 heterocycles. The first-order chi connectivity index (χ1) is 13.0. The maximum absolute atomic E-state index is 11.9. The first-order valence-corrected chi connectivity index (χ1v) is 8.97. The summed E-state index contributed by atoms with van der Waals surface area (Å²) in [7, 11) is 7.69. The van der Waals surface area contributed by atoms with Crippen LogP contribution in [0.1, 0.15) is 16.7 Å². The van der Waals surface area contributed by atoms with E-state index in [1.807, 2.05) is 18.2 Å². The van der Waals surface area contributed by atoms with Gasteiger partial charge in [0.05, 0.1) is 42.0 Å². The van der Waals surface area contributed by atoms with E-state index in [0.717, 1.165) is 21.2 Å². The van der Waals surface area contributed by atoms with Crippen molar-refractivity contribution in [1.82, 2.24) is 0 Å². The summed E-state index contributed by atoms with van der Waals surface area (Å²) in [5, 5.41) is 0. The van der Waals surface area contributed by atoms with Gasteiger partial charge in [0.25, 0.3) is 0 Å². The maximum Gasteiger partial charge on any atom is 0.309 e. The first-order valence-electron chi connectivity index (χ1n) is 8.18. The Labute approximate surface area is 167 Å². The summed E-state index contributed by atoms with van der Waals surface area (Å²) < 4.78 is 27.2. The van der Waals surface area contributed by atoms with Crippen LogP contribution < -0.4 is 18.9 Å². The first kappa shape index (κ1) is 20.9. The molecule has 0 bridgehead atoms. The van der Waals surface area contributed by atoms with Gasteiger partial charge in [-0.1, -0.05) is 15.9 Å². The zero-order valence-electron chi connectivity index (χ0n) is 16.1. The van der Waals surface area contributed by atoms with Gasteiger partial charge in [0, 0.05) is 4.47 Å². The van der Waals surface area contributed by atoms with E-state index in [9.17, 15) is 4.79 Å². The van der Waals surface area contributed by atoms with Crippen LogP contribution in [0.4, 0.5) is 0 Å². The minimum atomic E-state index is -0.324. The van der Waals surface area contributed by atoms with Crippen molar-refractivity contribution in [3.05, 3.63) is 45.4 Å². The Kier molecular flexibility index (Phi) is 7.36. The summed E-state index contributed by atoms with van der Waals surface area (Å²) in [6.07, 6.45) is 0.685. The highest BCUT2D eigenvalue weighted by Gasteiger charge is 2.17. The van der Waals surface area contributed by atoms with Crippen LogP contribution in [0.3, 0.4) is 0 Å². The SMILES string of the molecule is COC(=O)Cc1cc(OC)c(OC)cc1Cc1cc(OC)c(OC)cc1Br. The molecule has 0 aromatic heterocycles. The molecule has 27 heavy (non-hydrogen) atoms. The Morgan fingerprint density at radius 2 is 1.19 bits per heavy atom. The van der Waals surface area contributed by atoms with Crippen LogP contribution in [0.15, 0.2) is 28.7 Å².